The van der Waals surface area contributed by atoms with Gasteiger partial charge in [0.05, 0.1) is 18.3 Å². The number of hydrogen-bond acceptors (Lipinski definition) is 5. The molecule has 0 aliphatic heterocycles. The molecule has 142 valence electrons. The number of nitrogens with two attached hydrogens (primary N) is 1. The minimum atomic E-state index is -4.36. The first-order chi connectivity index (χ1) is 12.3. The molecule has 6 nitrogen and oxygen atoms in total. The summed E-state index contributed by atoms with van der Waals surface area (Å²) < 4.78 is 44.5. The average Bonchev–Trinajstić information content (AvgIpc) is 3.04. The van der Waals surface area contributed by atoms with Gasteiger partial charge in [0.15, 0.2) is 0 Å². The predicted molar refractivity (Wildman–Crippen MR) is 87.3 cm³/mol. The van der Waals surface area contributed by atoms with Gasteiger partial charge in [-0.2, -0.15) is 13.2 Å². The van der Waals surface area contributed by atoms with E-state index in [1.807, 2.05) is 0 Å². The van der Waals surface area contributed by atoms with Gasteiger partial charge >= 0.3 is 6.18 Å². The van der Waals surface area contributed by atoms with Crippen LogP contribution in [0.5, 0.6) is 5.75 Å². The lowest BCUT2D eigenvalue weighted by Crippen LogP contribution is -2.39. The van der Waals surface area contributed by atoms with Crippen LogP contribution in [0.1, 0.15) is 36.9 Å². The minimum absolute atomic E-state index is 0.0538. The number of hydrogen-bond donors (Lipinski definition) is 2. The lowest BCUT2D eigenvalue weighted by atomic mass is 9.80. The van der Waals surface area contributed by atoms with Crippen molar-refractivity contribution in [3.63, 3.8) is 0 Å². The first kappa shape index (κ1) is 18.7. The molecule has 1 fully saturated rings. The highest BCUT2D eigenvalue weighted by Crippen LogP contribution is 2.35. The molecular weight excluding hydrogens is 349 g/mol. The molecule has 3 N–H and O–H groups in total. The van der Waals surface area contributed by atoms with E-state index >= 15 is 0 Å². The molecule has 1 aromatic carbocycles. The van der Waals surface area contributed by atoms with Crippen molar-refractivity contribution < 1.29 is 23.0 Å². The molecule has 26 heavy (non-hydrogen) atoms. The molecule has 1 aliphatic carbocycles. The third-order valence-electron chi connectivity index (χ3n) is 4.55. The topological polar surface area (TPSA) is 86.2 Å². The Labute approximate surface area is 148 Å². The van der Waals surface area contributed by atoms with E-state index in [0.29, 0.717) is 30.8 Å². The fourth-order valence-electron chi connectivity index (χ4n) is 3.15. The number of alkyl halides is 3. The quantitative estimate of drug-likeness (QED) is 0.844. The van der Waals surface area contributed by atoms with Crippen LogP contribution in [0.15, 0.2) is 30.5 Å². The largest absolute Gasteiger partial charge is 0.492 e. The number of ether oxygens (including phenoxy) is 1. The van der Waals surface area contributed by atoms with Crippen LogP contribution in [0.25, 0.3) is 0 Å². The average molecular weight is 370 g/mol. The Hall–Kier alpha value is -2.13. The van der Waals surface area contributed by atoms with Crippen LogP contribution >= 0.6 is 0 Å². The van der Waals surface area contributed by atoms with E-state index in [1.54, 1.807) is 6.20 Å². The van der Waals surface area contributed by atoms with Crippen molar-refractivity contribution in [1.29, 1.82) is 0 Å². The molecule has 1 heterocycles. The van der Waals surface area contributed by atoms with Gasteiger partial charge in [0.25, 0.3) is 0 Å². The fraction of sp³-hybridized carbons (Fsp3) is 0.529. The maximum absolute atomic E-state index is 12.5. The number of halogens is 3. The van der Waals surface area contributed by atoms with Gasteiger partial charge in [0, 0.05) is 6.04 Å². The normalized spacial score (nSPS) is 23.8. The number of benzene rings is 1. The van der Waals surface area contributed by atoms with Crippen LogP contribution in [0.3, 0.4) is 0 Å². The Bertz CT molecular complexity index is 732. The van der Waals surface area contributed by atoms with E-state index in [1.165, 1.54) is 16.8 Å². The smallest absolute Gasteiger partial charge is 0.416 e. The molecule has 0 spiro atoms. The third-order valence-corrected chi connectivity index (χ3v) is 4.55. The molecule has 1 aromatic heterocycles. The second-order valence-electron chi connectivity index (χ2n) is 6.63. The van der Waals surface area contributed by atoms with Crippen LogP contribution in [0.4, 0.5) is 13.2 Å². The molecule has 0 radical (unpaired) electrons. The van der Waals surface area contributed by atoms with Crippen molar-refractivity contribution in [2.24, 2.45) is 5.73 Å². The van der Waals surface area contributed by atoms with Gasteiger partial charge in [-0.25, -0.2) is 4.68 Å². The Balaban J connectivity index is 1.54. The Kier molecular flexibility index (Phi) is 5.19. The first-order valence-corrected chi connectivity index (χ1v) is 8.45. The molecular formula is C17H21F3N4O2. The molecule has 0 saturated heterocycles. The van der Waals surface area contributed by atoms with E-state index in [9.17, 15) is 18.3 Å². The standard InChI is InChI=1S/C17H21F3N4O2/c18-17(19,20)12-3-5-14(6-4-12)26-9-8-24-11-15(22-23-24)16(25)7-1-2-13(21)10-16/h3-6,11,13,25H,1-2,7-10,21H2. The van der Waals surface area contributed by atoms with E-state index in [0.717, 1.165) is 25.0 Å². The van der Waals surface area contributed by atoms with Gasteiger partial charge in [-0.05, 0) is 49.9 Å². The van der Waals surface area contributed by atoms with Crippen LogP contribution in [-0.4, -0.2) is 32.7 Å². The molecule has 0 bridgehead atoms. The van der Waals surface area contributed by atoms with Crippen LogP contribution in [0.2, 0.25) is 0 Å². The summed E-state index contributed by atoms with van der Waals surface area (Å²) in [6, 6.07) is 4.46. The van der Waals surface area contributed by atoms with Gasteiger partial charge in [-0.1, -0.05) is 5.21 Å². The van der Waals surface area contributed by atoms with Gasteiger partial charge in [-0.15, -0.1) is 5.10 Å². The van der Waals surface area contributed by atoms with Crippen molar-refractivity contribution in [3.05, 3.63) is 41.7 Å². The summed E-state index contributed by atoms with van der Waals surface area (Å²) in [5, 5.41) is 18.7. The van der Waals surface area contributed by atoms with Crippen molar-refractivity contribution >= 4 is 0 Å². The van der Waals surface area contributed by atoms with Crippen molar-refractivity contribution in [2.75, 3.05) is 6.61 Å². The Morgan fingerprint density at radius 2 is 2.04 bits per heavy atom. The maximum Gasteiger partial charge on any atom is 0.416 e. The van der Waals surface area contributed by atoms with Gasteiger partial charge < -0.3 is 15.6 Å². The lowest BCUT2D eigenvalue weighted by Gasteiger charge is -2.33. The zero-order valence-electron chi connectivity index (χ0n) is 14.1. The van der Waals surface area contributed by atoms with Crippen LogP contribution < -0.4 is 10.5 Å². The highest BCUT2D eigenvalue weighted by molar-refractivity contribution is 5.28. The molecule has 9 heteroatoms. The van der Waals surface area contributed by atoms with Crippen LogP contribution in [0, 0.1) is 0 Å². The number of aliphatic hydroxyl groups is 1. The second-order valence-corrected chi connectivity index (χ2v) is 6.63. The van der Waals surface area contributed by atoms with E-state index in [2.05, 4.69) is 10.3 Å². The summed E-state index contributed by atoms with van der Waals surface area (Å²) in [5.74, 6) is 0.343. The Morgan fingerprint density at radius 1 is 1.31 bits per heavy atom. The molecule has 1 aliphatic rings. The molecule has 1 saturated carbocycles. The van der Waals surface area contributed by atoms with Gasteiger partial charge in [0.1, 0.15) is 23.7 Å². The van der Waals surface area contributed by atoms with Crippen LogP contribution in [-0.2, 0) is 18.3 Å². The van der Waals surface area contributed by atoms with Crippen molar-refractivity contribution in [3.8, 4) is 5.75 Å². The monoisotopic (exact) mass is 370 g/mol. The highest BCUT2D eigenvalue weighted by Gasteiger charge is 2.37. The zero-order chi connectivity index (χ0) is 18.8. The van der Waals surface area contributed by atoms with Gasteiger partial charge in [0.2, 0.25) is 0 Å². The summed E-state index contributed by atoms with van der Waals surface area (Å²) in [4.78, 5) is 0. The van der Waals surface area contributed by atoms with Crippen molar-refractivity contribution in [2.45, 2.75) is 50.0 Å². The van der Waals surface area contributed by atoms with E-state index in [-0.39, 0.29) is 12.6 Å². The number of rotatable bonds is 5. The van der Waals surface area contributed by atoms with E-state index < -0.39 is 17.3 Å². The maximum atomic E-state index is 12.5. The lowest BCUT2D eigenvalue weighted by molar-refractivity contribution is -0.137. The molecule has 0 amide bonds. The first-order valence-electron chi connectivity index (χ1n) is 8.45. The van der Waals surface area contributed by atoms with Crippen molar-refractivity contribution in [1.82, 2.24) is 15.0 Å². The molecule has 2 aromatic rings. The zero-order valence-corrected chi connectivity index (χ0v) is 14.1. The second kappa shape index (κ2) is 7.24. The summed E-state index contributed by atoms with van der Waals surface area (Å²) in [6.07, 6.45) is 0.0693. The fourth-order valence-corrected chi connectivity index (χ4v) is 3.15. The Morgan fingerprint density at radius 3 is 2.69 bits per heavy atom. The summed E-state index contributed by atoms with van der Waals surface area (Å²) in [5.41, 5.74) is 4.65. The molecule has 2 atom stereocenters. The summed E-state index contributed by atoms with van der Waals surface area (Å²) in [6.45, 7) is 0.572. The predicted octanol–water partition coefficient (Wildman–Crippen LogP) is 2.46. The SMILES string of the molecule is NC1CCCC(O)(c2cn(CCOc3ccc(C(F)(F)F)cc3)nn2)C1. The number of aromatic nitrogens is 3. The summed E-state index contributed by atoms with van der Waals surface area (Å²) in [7, 11) is 0. The molecule has 2 unspecified atom stereocenters. The van der Waals surface area contributed by atoms with E-state index in [4.69, 9.17) is 10.5 Å². The van der Waals surface area contributed by atoms with Gasteiger partial charge in [-0.3, -0.25) is 0 Å². The summed E-state index contributed by atoms with van der Waals surface area (Å²) >= 11 is 0. The minimum Gasteiger partial charge on any atom is -0.492 e. The third kappa shape index (κ3) is 4.34. The number of nitrogens with zero attached hydrogens (tertiary/aromatic N) is 3. The molecule has 3 rings (SSSR count). The highest BCUT2D eigenvalue weighted by atomic mass is 19.4.